The summed E-state index contributed by atoms with van der Waals surface area (Å²) in [4.78, 5) is 14.0. The van der Waals surface area contributed by atoms with E-state index >= 15 is 0 Å². The Morgan fingerprint density at radius 2 is 2.11 bits per heavy atom. The molecule has 0 bridgehead atoms. The van der Waals surface area contributed by atoms with Crippen LogP contribution in [0.5, 0.6) is 0 Å². The van der Waals surface area contributed by atoms with E-state index in [1.807, 2.05) is 30.3 Å². The van der Waals surface area contributed by atoms with Gasteiger partial charge in [0, 0.05) is 25.9 Å². The lowest BCUT2D eigenvalue weighted by molar-refractivity contribution is -0.240. The van der Waals surface area contributed by atoms with E-state index in [1.165, 1.54) is 0 Å². The van der Waals surface area contributed by atoms with E-state index in [0.29, 0.717) is 51.3 Å². The molecule has 2 aliphatic rings. The second kappa shape index (κ2) is 9.04. The molecule has 2 heterocycles. The predicted octanol–water partition coefficient (Wildman–Crippen LogP) is 2.92. The van der Waals surface area contributed by atoms with Crippen LogP contribution in [0.4, 0.5) is 4.79 Å². The van der Waals surface area contributed by atoms with Gasteiger partial charge in [0.05, 0.1) is 12.7 Å². The van der Waals surface area contributed by atoms with Gasteiger partial charge in [-0.15, -0.1) is 0 Å². The molecule has 0 aliphatic carbocycles. The third-order valence-electron chi connectivity index (χ3n) is 5.57. The number of benzene rings is 1. The van der Waals surface area contributed by atoms with Gasteiger partial charge in [0.25, 0.3) is 0 Å². The molecule has 6 nitrogen and oxygen atoms in total. The number of aliphatic hydroxyl groups excluding tert-OH is 1. The molecule has 0 radical (unpaired) electrons. The zero-order valence-corrected chi connectivity index (χ0v) is 16.0. The Balaban J connectivity index is 1.49. The first-order valence-electron chi connectivity index (χ1n) is 9.93. The highest BCUT2D eigenvalue weighted by atomic mass is 16.6. The van der Waals surface area contributed by atoms with Crippen LogP contribution in [0.2, 0.25) is 0 Å². The molecule has 2 saturated heterocycles. The first-order chi connectivity index (χ1) is 12.9. The van der Waals surface area contributed by atoms with Gasteiger partial charge >= 0.3 is 6.09 Å². The van der Waals surface area contributed by atoms with Crippen LogP contribution >= 0.6 is 0 Å². The number of amides is 1. The van der Waals surface area contributed by atoms with Crippen molar-refractivity contribution in [3.05, 3.63) is 35.9 Å². The summed E-state index contributed by atoms with van der Waals surface area (Å²) in [5.41, 5.74) is 0.936. The largest absolute Gasteiger partial charge is 0.445 e. The van der Waals surface area contributed by atoms with Crippen LogP contribution in [0.1, 0.15) is 44.6 Å². The number of rotatable bonds is 5. The number of β-amino-alcohol motifs (C(OH)–C–C–N with tert-alkyl or cyclic N) is 1. The molecule has 1 aromatic rings. The van der Waals surface area contributed by atoms with Crippen LogP contribution in [0.15, 0.2) is 30.3 Å². The number of nitrogens with zero attached hydrogens (tertiary/aromatic N) is 1. The molecule has 2 fully saturated rings. The fourth-order valence-electron chi connectivity index (χ4n) is 4.10. The Bertz CT molecular complexity index is 610. The lowest BCUT2D eigenvalue weighted by Gasteiger charge is -2.39. The van der Waals surface area contributed by atoms with Crippen molar-refractivity contribution in [2.75, 3.05) is 19.7 Å². The maximum absolute atomic E-state index is 12.4. The fraction of sp³-hybridized carbons (Fsp3) is 0.667. The molecular formula is C21H31NO5. The number of carbonyl (C=O) groups is 1. The van der Waals surface area contributed by atoms with E-state index in [1.54, 1.807) is 4.90 Å². The molecule has 1 amide bonds. The highest BCUT2D eigenvalue weighted by molar-refractivity contribution is 5.67. The van der Waals surface area contributed by atoms with Gasteiger partial charge in [-0.2, -0.15) is 0 Å². The van der Waals surface area contributed by atoms with Crippen LogP contribution in [0.3, 0.4) is 0 Å². The maximum atomic E-state index is 12.4. The number of hydrogen-bond donors (Lipinski definition) is 2. The molecule has 1 aromatic carbocycles. The normalized spacial score (nSPS) is 31.5. The zero-order chi connectivity index (χ0) is 19.3. The lowest BCUT2D eigenvalue weighted by atomic mass is 9.86. The van der Waals surface area contributed by atoms with Crippen LogP contribution in [0.25, 0.3) is 0 Å². The third-order valence-corrected chi connectivity index (χ3v) is 5.57. The summed E-state index contributed by atoms with van der Waals surface area (Å²) in [6, 6.07) is 9.55. The molecule has 0 spiro atoms. The third kappa shape index (κ3) is 5.92. The van der Waals surface area contributed by atoms with Crippen molar-refractivity contribution in [1.82, 2.24) is 4.90 Å². The van der Waals surface area contributed by atoms with Gasteiger partial charge in [-0.1, -0.05) is 37.3 Å². The Hall–Kier alpha value is -1.63. The lowest BCUT2D eigenvalue weighted by Crippen LogP contribution is -2.47. The summed E-state index contributed by atoms with van der Waals surface area (Å²) in [5, 5.41) is 20.8. The minimum Gasteiger partial charge on any atom is -0.445 e. The van der Waals surface area contributed by atoms with Crippen LogP contribution in [-0.4, -0.2) is 52.8 Å². The number of ether oxygens (including phenoxy) is 2. The van der Waals surface area contributed by atoms with Gasteiger partial charge in [0.2, 0.25) is 0 Å². The van der Waals surface area contributed by atoms with Gasteiger partial charge in [-0.05, 0) is 36.7 Å². The monoisotopic (exact) mass is 377 g/mol. The highest BCUT2D eigenvalue weighted by Crippen LogP contribution is 2.33. The first kappa shape index (κ1) is 20.1. The van der Waals surface area contributed by atoms with E-state index in [4.69, 9.17) is 9.47 Å². The minimum atomic E-state index is -1.07. The molecule has 150 valence electrons. The zero-order valence-electron chi connectivity index (χ0n) is 16.0. The summed E-state index contributed by atoms with van der Waals surface area (Å²) in [6.07, 6.45) is 2.53. The van der Waals surface area contributed by atoms with Crippen molar-refractivity contribution in [3.8, 4) is 0 Å². The number of likely N-dealkylation sites (tertiary alicyclic amines) is 1. The van der Waals surface area contributed by atoms with Crippen molar-refractivity contribution >= 4 is 6.09 Å². The van der Waals surface area contributed by atoms with Crippen LogP contribution < -0.4 is 0 Å². The summed E-state index contributed by atoms with van der Waals surface area (Å²) in [5.74, 6) is -0.494. The average molecular weight is 377 g/mol. The Labute approximate surface area is 161 Å². The van der Waals surface area contributed by atoms with Gasteiger partial charge in [-0.25, -0.2) is 4.79 Å². The van der Waals surface area contributed by atoms with Crippen molar-refractivity contribution in [3.63, 3.8) is 0 Å². The smallest absolute Gasteiger partial charge is 0.410 e. The Kier molecular flexibility index (Phi) is 6.73. The standard InChI is InChI=1S/C21H31NO5/c1-16-8-10-27-21(25,12-16)9-7-18-11-19(23)14-22(13-18)20(24)26-15-17-5-3-2-4-6-17/h2-6,16,18-19,23,25H,7-15H2,1H3/t16-,18+,19+,21?/m1/s1. The molecule has 2 aliphatic heterocycles. The van der Waals surface area contributed by atoms with Gasteiger partial charge in [0.1, 0.15) is 6.61 Å². The summed E-state index contributed by atoms with van der Waals surface area (Å²) in [7, 11) is 0. The maximum Gasteiger partial charge on any atom is 0.410 e. The van der Waals surface area contributed by atoms with Crippen molar-refractivity contribution < 1.29 is 24.5 Å². The van der Waals surface area contributed by atoms with Gasteiger partial charge < -0.3 is 24.6 Å². The van der Waals surface area contributed by atoms with Gasteiger partial charge in [0.15, 0.2) is 5.79 Å². The molecule has 0 aromatic heterocycles. The second-order valence-electron chi connectivity index (χ2n) is 8.13. The molecule has 1 unspecified atom stereocenters. The van der Waals surface area contributed by atoms with Crippen molar-refractivity contribution in [2.45, 2.75) is 57.5 Å². The summed E-state index contributed by atoms with van der Waals surface area (Å²) < 4.78 is 11.0. The van der Waals surface area contributed by atoms with Crippen LogP contribution in [-0.2, 0) is 16.1 Å². The minimum absolute atomic E-state index is 0.128. The Morgan fingerprint density at radius 1 is 1.33 bits per heavy atom. The molecule has 2 N–H and O–H groups in total. The Morgan fingerprint density at radius 3 is 2.85 bits per heavy atom. The first-order valence-corrected chi connectivity index (χ1v) is 9.93. The van der Waals surface area contributed by atoms with Crippen LogP contribution in [0, 0.1) is 11.8 Å². The second-order valence-corrected chi connectivity index (χ2v) is 8.13. The van der Waals surface area contributed by atoms with E-state index < -0.39 is 18.0 Å². The molecule has 6 heteroatoms. The van der Waals surface area contributed by atoms with E-state index in [0.717, 1.165) is 12.0 Å². The SMILES string of the molecule is C[C@@H]1CCOC(O)(CC[C@H]2C[C@H](O)CN(C(=O)OCc3ccccc3)C2)C1. The van der Waals surface area contributed by atoms with Crippen molar-refractivity contribution in [1.29, 1.82) is 0 Å². The quantitative estimate of drug-likeness (QED) is 0.825. The number of piperidine rings is 1. The average Bonchev–Trinajstić information content (AvgIpc) is 2.65. The highest BCUT2D eigenvalue weighted by Gasteiger charge is 2.36. The van der Waals surface area contributed by atoms with Crippen molar-refractivity contribution in [2.24, 2.45) is 11.8 Å². The van der Waals surface area contributed by atoms with Gasteiger partial charge in [-0.3, -0.25) is 0 Å². The topological polar surface area (TPSA) is 79.2 Å². The summed E-state index contributed by atoms with van der Waals surface area (Å²) >= 11 is 0. The molecule has 3 rings (SSSR count). The molecule has 4 atom stereocenters. The van der Waals surface area contributed by atoms with E-state index in [9.17, 15) is 15.0 Å². The molecule has 0 saturated carbocycles. The molecular weight excluding hydrogens is 346 g/mol. The molecule has 27 heavy (non-hydrogen) atoms. The fourth-order valence-corrected chi connectivity index (χ4v) is 4.10. The number of hydrogen-bond acceptors (Lipinski definition) is 5. The van der Waals surface area contributed by atoms with E-state index in [2.05, 4.69) is 6.92 Å². The predicted molar refractivity (Wildman–Crippen MR) is 101 cm³/mol. The number of aliphatic hydroxyl groups is 2. The van der Waals surface area contributed by atoms with E-state index in [-0.39, 0.29) is 12.5 Å². The number of carbonyl (C=O) groups excluding carboxylic acids is 1. The summed E-state index contributed by atoms with van der Waals surface area (Å²) in [6.45, 7) is 3.77.